The fourth-order valence-corrected chi connectivity index (χ4v) is 7.62. The molecule has 4 aliphatic carbocycles. The third-order valence-corrected chi connectivity index (χ3v) is 9.71. The predicted octanol–water partition coefficient (Wildman–Crippen LogP) is 4.41. The van der Waals surface area contributed by atoms with Gasteiger partial charge in [0, 0.05) is 15.4 Å². The molecule has 0 amide bonds. The van der Waals surface area contributed by atoms with Crippen molar-refractivity contribution in [2.45, 2.75) is 55.5 Å². The molecule has 5 aliphatic rings. The summed E-state index contributed by atoms with van der Waals surface area (Å²) in [5, 5.41) is -5.73. The number of ether oxygens (including phenoxy) is 3. The number of benzene rings is 1. The highest BCUT2D eigenvalue weighted by Crippen LogP contribution is 2.66. The number of rotatable bonds is 6. The van der Waals surface area contributed by atoms with Crippen LogP contribution in [0.1, 0.15) is 48.9 Å². The Bertz CT molecular complexity index is 1220. The normalized spacial score (nSPS) is 33.2. The molecule has 1 aromatic carbocycles. The van der Waals surface area contributed by atoms with Crippen LogP contribution in [0.2, 0.25) is 0 Å². The Morgan fingerprint density at radius 3 is 2.39 bits per heavy atom. The molecule has 1 N–H and O–H groups in total. The first-order valence-corrected chi connectivity index (χ1v) is 13.7. The summed E-state index contributed by atoms with van der Waals surface area (Å²) < 4.78 is 102. The van der Waals surface area contributed by atoms with Crippen molar-refractivity contribution in [3.8, 4) is 5.75 Å². The third-order valence-electron chi connectivity index (χ3n) is 7.86. The molecule has 4 fully saturated rings. The van der Waals surface area contributed by atoms with Crippen molar-refractivity contribution in [1.82, 2.24) is 0 Å². The van der Waals surface area contributed by atoms with Crippen LogP contribution in [0.4, 0.5) is 17.6 Å². The molecule has 8 nitrogen and oxygen atoms in total. The van der Waals surface area contributed by atoms with Crippen LogP contribution < -0.4 is 4.74 Å². The molecule has 36 heavy (non-hydrogen) atoms. The maximum absolute atomic E-state index is 13.8. The lowest BCUT2D eigenvalue weighted by Gasteiger charge is -2.62. The zero-order valence-electron chi connectivity index (χ0n) is 18.5. The van der Waals surface area contributed by atoms with Crippen LogP contribution in [0.3, 0.4) is 0 Å². The molecule has 2 unspecified atom stereocenters. The zero-order valence-corrected chi connectivity index (χ0v) is 21.5. The monoisotopic (exact) mass is 648 g/mol. The molecular weight excluding hydrogens is 627 g/mol. The maximum atomic E-state index is 13.8. The van der Waals surface area contributed by atoms with Crippen LogP contribution in [0.25, 0.3) is 0 Å². The lowest BCUT2D eigenvalue weighted by Crippen LogP contribution is -2.67. The van der Waals surface area contributed by atoms with Gasteiger partial charge in [-0.25, -0.2) is 4.79 Å². The summed E-state index contributed by atoms with van der Waals surface area (Å²) in [5.41, 5.74) is -0.752. The SMILES string of the molecule is O=C1OC2(Oc3cccc(I)c31)C1CC3CC2CC(C(=O)OCCC(F)(F)C(F)(F)S(=O)(=O)O)(C3)C1. The number of alkyl halides is 4. The highest BCUT2D eigenvalue weighted by Gasteiger charge is 2.70. The number of carbonyl (C=O) groups is 2. The van der Waals surface area contributed by atoms with Gasteiger partial charge in [-0.15, -0.1) is 0 Å². The highest BCUT2D eigenvalue weighted by atomic mass is 127. The van der Waals surface area contributed by atoms with Gasteiger partial charge >= 0.3 is 33.2 Å². The molecule has 4 saturated carbocycles. The Hall–Kier alpha value is -1.68. The first-order valence-electron chi connectivity index (χ1n) is 11.2. The molecule has 198 valence electrons. The Morgan fingerprint density at radius 1 is 1.14 bits per heavy atom. The summed E-state index contributed by atoms with van der Waals surface area (Å²) >= 11 is 2.01. The van der Waals surface area contributed by atoms with E-state index in [0.29, 0.717) is 34.1 Å². The Kier molecular flexibility index (Phi) is 5.88. The molecule has 0 radical (unpaired) electrons. The van der Waals surface area contributed by atoms with E-state index in [4.69, 9.17) is 18.8 Å². The van der Waals surface area contributed by atoms with Crippen LogP contribution in [0.5, 0.6) is 5.75 Å². The van der Waals surface area contributed by atoms with Crippen LogP contribution in [-0.4, -0.2) is 48.5 Å². The van der Waals surface area contributed by atoms with Gasteiger partial charge in [0.05, 0.1) is 18.4 Å². The topological polar surface area (TPSA) is 116 Å². The second-order valence-electron chi connectivity index (χ2n) is 10.0. The van der Waals surface area contributed by atoms with E-state index in [9.17, 15) is 35.6 Å². The minimum atomic E-state index is -6.37. The summed E-state index contributed by atoms with van der Waals surface area (Å²) in [6, 6.07) is 5.18. The van der Waals surface area contributed by atoms with Crippen LogP contribution >= 0.6 is 22.6 Å². The Morgan fingerprint density at radius 2 is 1.78 bits per heavy atom. The van der Waals surface area contributed by atoms with Gasteiger partial charge in [0.25, 0.3) is 5.79 Å². The van der Waals surface area contributed by atoms with Crippen LogP contribution in [0, 0.1) is 26.7 Å². The van der Waals surface area contributed by atoms with Gasteiger partial charge in [0.2, 0.25) is 0 Å². The fourth-order valence-electron chi connectivity index (χ4n) is 6.45. The smallest absolute Gasteiger partial charge is 0.431 e. The Balaban J connectivity index is 1.32. The van der Waals surface area contributed by atoms with Crippen molar-refractivity contribution in [2.24, 2.45) is 23.2 Å². The van der Waals surface area contributed by atoms with E-state index in [1.54, 1.807) is 18.2 Å². The summed E-state index contributed by atoms with van der Waals surface area (Å²) in [7, 11) is -6.37. The van der Waals surface area contributed by atoms with Crippen molar-refractivity contribution in [1.29, 1.82) is 0 Å². The third kappa shape index (κ3) is 3.72. The predicted molar refractivity (Wildman–Crippen MR) is 121 cm³/mol. The van der Waals surface area contributed by atoms with E-state index in [0.717, 1.165) is 0 Å². The van der Waals surface area contributed by atoms with E-state index >= 15 is 0 Å². The van der Waals surface area contributed by atoms with Crippen molar-refractivity contribution >= 4 is 44.6 Å². The van der Waals surface area contributed by atoms with E-state index < -0.39 is 57.5 Å². The molecule has 1 aliphatic heterocycles. The molecule has 4 bridgehead atoms. The summed E-state index contributed by atoms with van der Waals surface area (Å²) in [6.45, 7) is -1.17. The van der Waals surface area contributed by atoms with Gasteiger partial charge in [-0.1, -0.05) is 6.07 Å². The average Bonchev–Trinajstić information content (AvgIpc) is 2.76. The van der Waals surface area contributed by atoms with Crippen LogP contribution in [-0.2, 0) is 24.4 Å². The number of halogens is 5. The average molecular weight is 648 g/mol. The van der Waals surface area contributed by atoms with E-state index in [2.05, 4.69) is 0 Å². The van der Waals surface area contributed by atoms with Gasteiger partial charge in [0.1, 0.15) is 11.3 Å². The van der Waals surface area contributed by atoms with E-state index in [-0.39, 0.29) is 30.6 Å². The minimum Gasteiger partial charge on any atom is -0.465 e. The number of hydrogen-bond acceptors (Lipinski definition) is 7. The van der Waals surface area contributed by atoms with E-state index in [1.165, 1.54) is 0 Å². The van der Waals surface area contributed by atoms with Crippen LogP contribution in [0.15, 0.2) is 18.2 Å². The standard InChI is InChI=1S/C22H21F4IO8S/c23-20(24,22(25,26)36(30,31)32)4-5-33-18(29)19-8-11-6-12(9-19)21(13(7-11)10-19)34-15-3-1-2-14(27)16(15)17(28)35-21/h1-3,11-13H,4-10H2,(H,30,31,32). The number of hydrogen-bond donors (Lipinski definition) is 1. The minimum absolute atomic E-state index is 0.0746. The second-order valence-corrected chi connectivity index (χ2v) is 12.7. The molecule has 1 aromatic rings. The maximum Gasteiger partial charge on any atom is 0.431 e. The summed E-state index contributed by atoms with van der Waals surface area (Å²) in [5.74, 6) is -8.04. The molecule has 6 rings (SSSR count). The van der Waals surface area contributed by atoms with Crippen molar-refractivity contribution in [3.05, 3.63) is 27.3 Å². The van der Waals surface area contributed by atoms with Crippen molar-refractivity contribution in [3.63, 3.8) is 0 Å². The lowest BCUT2D eigenvalue weighted by atomic mass is 9.47. The molecule has 2 atom stereocenters. The Labute approximate surface area is 216 Å². The molecule has 1 heterocycles. The molecule has 0 aromatic heterocycles. The summed E-state index contributed by atoms with van der Waals surface area (Å²) in [4.78, 5) is 25.9. The second kappa shape index (κ2) is 8.16. The van der Waals surface area contributed by atoms with Crippen molar-refractivity contribution < 1.29 is 54.3 Å². The molecule has 1 spiro atoms. The van der Waals surface area contributed by atoms with Gasteiger partial charge in [-0.3, -0.25) is 9.35 Å². The summed E-state index contributed by atoms with van der Waals surface area (Å²) in [6.07, 6.45) is 0.256. The number of fused-ring (bicyclic) bond motifs is 1. The molecule has 14 heteroatoms. The molecular formula is C22H21F4IO8S. The zero-order chi connectivity index (χ0) is 26.3. The van der Waals surface area contributed by atoms with E-state index in [1.807, 2.05) is 22.6 Å². The number of esters is 2. The first-order chi connectivity index (χ1) is 16.6. The van der Waals surface area contributed by atoms with Gasteiger partial charge in [-0.05, 0) is 72.7 Å². The lowest BCUT2D eigenvalue weighted by molar-refractivity contribution is -0.294. The largest absolute Gasteiger partial charge is 0.465 e. The van der Waals surface area contributed by atoms with Crippen molar-refractivity contribution in [2.75, 3.05) is 6.61 Å². The van der Waals surface area contributed by atoms with Gasteiger partial charge in [-0.2, -0.15) is 26.0 Å². The number of carbonyl (C=O) groups excluding carboxylic acids is 2. The first kappa shape index (κ1) is 25.9. The van der Waals surface area contributed by atoms with Gasteiger partial charge in [0.15, 0.2) is 0 Å². The fraction of sp³-hybridized carbons (Fsp3) is 0.636. The van der Waals surface area contributed by atoms with Gasteiger partial charge < -0.3 is 14.2 Å². The highest BCUT2D eigenvalue weighted by molar-refractivity contribution is 14.1. The quantitative estimate of drug-likeness (QED) is 0.209. The molecule has 0 saturated heterocycles.